The molecule has 0 aliphatic heterocycles. The molecule has 0 atom stereocenters. The molecule has 20 heavy (non-hydrogen) atoms. The van der Waals surface area contributed by atoms with Crippen LogP contribution >= 0.6 is 0 Å². The third kappa shape index (κ3) is 3.86. The van der Waals surface area contributed by atoms with E-state index in [1.165, 1.54) is 4.31 Å². The molecule has 1 aliphatic carbocycles. The van der Waals surface area contributed by atoms with Crippen LogP contribution < -0.4 is 14.8 Å². The third-order valence-electron chi connectivity index (χ3n) is 3.40. The van der Waals surface area contributed by atoms with Gasteiger partial charge in [0.05, 0.1) is 18.6 Å². The fourth-order valence-corrected chi connectivity index (χ4v) is 4.04. The van der Waals surface area contributed by atoms with Crippen molar-refractivity contribution in [2.45, 2.75) is 19.3 Å². The van der Waals surface area contributed by atoms with Crippen molar-refractivity contribution >= 4 is 15.7 Å². The van der Waals surface area contributed by atoms with Gasteiger partial charge in [-0.05, 0) is 56.0 Å². The number of nitrogens with two attached hydrogens (primary N) is 1. The molecule has 0 aromatic heterocycles. The van der Waals surface area contributed by atoms with Crippen LogP contribution in [0.1, 0.15) is 19.3 Å². The second kappa shape index (κ2) is 6.45. The zero-order valence-corrected chi connectivity index (χ0v) is 12.6. The van der Waals surface area contributed by atoms with E-state index in [1.807, 2.05) is 0 Å². The van der Waals surface area contributed by atoms with Crippen LogP contribution in [0.4, 0.5) is 5.69 Å². The average Bonchev–Trinajstić information content (AvgIpc) is 3.23. The van der Waals surface area contributed by atoms with Gasteiger partial charge >= 0.3 is 0 Å². The molecule has 0 heterocycles. The summed E-state index contributed by atoms with van der Waals surface area (Å²) in [6.45, 7) is 0.906. The average molecular weight is 298 g/mol. The number of rotatable bonds is 8. The van der Waals surface area contributed by atoms with E-state index in [-0.39, 0.29) is 5.75 Å². The zero-order chi connectivity index (χ0) is 14.6. The van der Waals surface area contributed by atoms with Gasteiger partial charge in [0.15, 0.2) is 0 Å². The SMILES string of the molecule is COc1ccc(N(CCCN)S(=O)(=O)CC2CC2)cc1. The largest absolute Gasteiger partial charge is 0.497 e. The number of ether oxygens (including phenoxy) is 1. The molecule has 1 aromatic carbocycles. The number of benzene rings is 1. The molecule has 2 rings (SSSR count). The predicted octanol–water partition coefficient (Wildman–Crippen LogP) is 1.59. The fraction of sp³-hybridized carbons (Fsp3) is 0.571. The Morgan fingerprint density at radius 2 is 1.95 bits per heavy atom. The van der Waals surface area contributed by atoms with E-state index in [0.717, 1.165) is 12.8 Å². The van der Waals surface area contributed by atoms with Gasteiger partial charge in [0.25, 0.3) is 0 Å². The van der Waals surface area contributed by atoms with Gasteiger partial charge in [-0.2, -0.15) is 0 Å². The maximum Gasteiger partial charge on any atom is 0.235 e. The van der Waals surface area contributed by atoms with Crippen LogP contribution in [0.15, 0.2) is 24.3 Å². The minimum Gasteiger partial charge on any atom is -0.497 e. The second-order valence-electron chi connectivity index (χ2n) is 5.13. The molecule has 0 radical (unpaired) electrons. The Balaban J connectivity index is 2.20. The maximum absolute atomic E-state index is 12.5. The van der Waals surface area contributed by atoms with Crippen LogP contribution in [0.3, 0.4) is 0 Å². The Bertz CT molecular complexity index is 524. The Hall–Kier alpha value is -1.27. The van der Waals surface area contributed by atoms with Gasteiger partial charge in [-0.25, -0.2) is 8.42 Å². The Morgan fingerprint density at radius 3 is 2.45 bits per heavy atom. The molecular formula is C14H22N2O3S. The van der Waals surface area contributed by atoms with Gasteiger partial charge in [0.2, 0.25) is 10.0 Å². The number of sulfonamides is 1. The number of hydrogen-bond donors (Lipinski definition) is 1. The summed E-state index contributed by atoms with van der Waals surface area (Å²) in [6.07, 6.45) is 2.69. The third-order valence-corrected chi connectivity index (χ3v) is 5.36. The molecular weight excluding hydrogens is 276 g/mol. The van der Waals surface area contributed by atoms with E-state index in [0.29, 0.717) is 36.9 Å². The Kier molecular flexibility index (Phi) is 4.88. The van der Waals surface area contributed by atoms with Crippen molar-refractivity contribution in [3.8, 4) is 5.75 Å². The van der Waals surface area contributed by atoms with Crippen LogP contribution in [-0.2, 0) is 10.0 Å². The predicted molar refractivity (Wildman–Crippen MR) is 80.5 cm³/mol. The van der Waals surface area contributed by atoms with E-state index in [4.69, 9.17) is 10.5 Å². The zero-order valence-electron chi connectivity index (χ0n) is 11.8. The lowest BCUT2D eigenvalue weighted by atomic mass is 10.3. The van der Waals surface area contributed by atoms with Gasteiger partial charge in [-0.1, -0.05) is 0 Å². The van der Waals surface area contributed by atoms with Crippen LogP contribution in [0.2, 0.25) is 0 Å². The van der Waals surface area contributed by atoms with E-state index in [9.17, 15) is 8.42 Å². The quantitative estimate of drug-likeness (QED) is 0.791. The molecule has 0 saturated heterocycles. The Morgan fingerprint density at radius 1 is 1.30 bits per heavy atom. The highest BCUT2D eigenvalue weighted by molar-refractivity contribution is 7.92. The lowest BCUT2D eigenvalue weighted by Crippen LogP contribution is -2.35. The van der Waals surface area contributed by atoms with Crippen molar-refractivity contribution in [3.05, 3.63) is 24.3 Å². The van der Waals surface area contributed by atoms with Gasteiger partial charge in [-0.15, -0.1) is 0 Å². The molecule has 0 bridgehead atoms. The Labute approximate surface area is 120 Å². The summed E-state index contributed by atoms with van der Waals surface area (Å²) < 4.78 is 31.6. The van der Waals surface area contributed by atoms with Crippen molar-refractivity contribution in [2.75, 3.05) is 30.3 Å². The van der Waals surface area contributed by atoms with Crippen LogP contribution in [-0.4, -0.2) is 34.4 Å². The highest BCUT2D eigenvalue weighted by Gasteiger charge is 2.32. The molecule has 1 fully saturated rings. The summed E-state index contributed by atoms with van der Waals surface area (Å²) in [4.78, 5) is 0. The van der Waals surface area contributed by atoms with Crippen molar-refractivity contribution in [1.82, 2.24) is 0 Å². The number of methoxy groups -OCH3 is 1. The van der Waals surface area contributed by atoms with Gasteiger partial charge in [0.1, 0.15) is 5.75 Å². The fourth-order valence-electron chi connectivity index (χ4n) is 2.08. The molecule has 0 spiro atoms. The lowest BCUT2D eigenvalue weighted by molar-refractivity contribution is 0.415. The molecule has 0 unspecified atom stereocenters. The number of anilines is 1. The highest BCUT2D eigenvalue weighted by Crippen LogP contribution is 2.32. The van der Waals surface area contributed by atoms with E-state index >= 15 is 0 Å². The first-order chi connectivity index (χ1) is 9.56. The van der Waals surface area contributed by atoms with E-state index in [2.05, 4.69) is 0 Å². The standard InChI is InChI=1S/C14H22N2O3S/c1-19-14-7-5-13(6-8-14)16(10-2-9-15)20(17,18)11-12-3-4-12/h5-8,12H,2-4,9-11,15H2,1H3. The molecule has 1 saturated carbocycles. The van der Waals surface area contributed by atoms with E-state index < -0.39 is 10.0 Å². The first-order valence-electron chi connectivity index (χ1n) is 6.91. The van der Waals surface area contributed by atoms with Crippen molar-refractivity contribution in [1.29, 1.82) is 0 Å². The first kappa shape index (κ1) is 15.1. The molecule has 112 valence electrons. The normalized spacial score (nSPS) is 15.1. The highest BCUT2D eigenvalue weighted by atomic mass is 32.2. The van der Waals surface area contributed by atoms with E-state index in [1.54, 1.807) is 31.4 Å². The molecule has 0 amide bonds. The topological polar surface area (TPSA) is 72.6 Å². The summed E-state index contributed by atoms with van der Waals surface area (Å²) in [5.41, 5.74) is 6.20. The van der Waals surface area contributed by atoms with Crippen LogP contribution in [0, 0.1) is 5.92 Å². The summed E-state index contributed by atoms with van der Waals surface area (Å²) in [5, 5.41) is 0. The van der Waals surface area contributed by atoms with Gasteiger partial charge in [0, 0.05) is 6.54 Å². The summed E-state index contributed by atoms with van der Waals surface area (Å²) in [5.74, 6) is 1.29. The number of nitrogens with zero attached hydrogens (tertiary/aromatic N) is 1. The molecule has 1 aliphatic rings. The summed E-state index contributed by atoms with van der Waals surface area (Å²) in [7, 11) is -1.68. The summed E-state index contributed by atoms with van der Waals surface area (Å²) in [6, 6.07) is 7.11. The molecule has 6 heteroatoms. The molecule has 5 nitrogen and oxygen atoms in total. The van der Waals surface area contributed by atoms with Crippen molar-refractivity contribution in [2.24, 2.45) is 11.7 Å². The summed E-state index contributed by atoms with van der Waals surface area (Å²) >= 11 is 0. The minimum absolute atomic E-state index is 0.240. The second-order valence-corrected chi connectivity index (χ2v) is 7.07. The maximum atomic E-state index is 12.5. The minimum atomic E-state index is -3.27. The number of hydrogen-bond acceptors (Lipinski definition) is 4. The lowest BCUT2D eigenvalue weighted by Gasteiger charge is -2.24. The molecule has 2 N–H and O–H groups in total. The first-order valence-corrected chi connectivity index (χ1v) is 8.52. The van der Waals surface area contributed by atoms with Crippen molar-refractivity contribution in [3.63, 3.8) is 0 Å². The van der Waals surface area contributed by atoms with Crippen LogP contribution in [0.25, 0.3) is 0 Å². The monoisotopic (exact) mass is 298 g/mol. The molecule has 1 aromatic rings. The van der Waals surface area contributed by atoms with Gasteiger partial charge in [-0.3, -0.25) is 4.31 Å². The smallest absolute Gasteiger partial charge is 0.235 e. The van der Waals surface area contributed by atoms with Gasteiger partial charge < -0.3 is 10.5 Å². The van der Waals surface area contributed by atoms with Crippen LogP contribution in [0.5, 0.6) is 5.75 Å². The van der Waals surface area contributed by atoms with Crippen molar-refractivity contribution < 1.29 is 13.2 Å².